The predicted octanol–water partition coefficient (Wildman–Crippen LogP) is 1.84. The molecule has 1 rings (SSSR count). The van der Waals surface area contributed by atoms with Crippen LogP contribution < -0.4 is 0 Å². The van der Waals surface area contributed by atoms with Gasteiger partial charge < -0.3 is 5.11 Å². The van der Waals surface area contributed by atoms with E-state index in [1.807, 2.05) is 19.1 Å². The lowest BCUT2D eigenvalue weighted by atomic mass is 9.75. The van der Waals surface area contributed by atoms with Crippen LogP contribution in [0.5, 0.6) is 0 Å². The summed E-state index contributed by atoms with van der Waals surface area (Å²) in [5.41, 5.74) is -0.714. The highest BCUT2D eigenvalue weighted by Crippen LogP contribution is 2.32. The molecule has 0 saturated carbocycles. The molecule has 0 radical (unpaired) electrons. The van der Waals surface area contributed by atoms with Crippen LogP contribution in [0, 0.1) is 11.3 Å². The van der Waals surface area contributed by atoms with Crippen molar-refractivity contribution in [1.29, 1.82) is 0 Å². The number of hydrogen-bond acceptors (Lipinski definition) is 1. The van der Waals surface area contributed by atoms with E-state index in [0.717, 1.165) is 0 Å². The molecule has 1 N–H and O–H groups in total. The van der Waals surface area contributed by atoms with Crippen LogP contribution in [-0.4, -0.2) is 11.1 Å². The SMILES string of the molecule is CC1C=CC=CC1(C)C(=O)O. The predicted molar refractivity (Wildman–Crippen MR) is 43.2 cm³/mol. The Morgan fingerprint density at radius 2 is 2.18 bits per heavy atom. The molecule has 0 saturated heterocycles. The minimum absolute atomic E-state index is 0.0741. The average Bonchev–Trinajstić information content (AvgIpc) is 1.95. The van der Waals surface area contributed by atoms with Crippen LogP contribution >= 0.6 is 0 Å². The van der Waals surface area contributed by atoms with Gasteiger partial charge >= 0.3 is 5.97 Å². The fraction of sp³-hybridized carbons (Fsp3) is 0.444. The molecular formula is C9H12O2. The van der Waals surface area contributed by atoms with Gasteiger partial charge in [0, 0.05) is 0 Å². The zero-order valence-corrected chi connectivity index (χ0v) is 6.74. The van der Waals surface area contributed by atoms with Gasteiger partial charge in [0.25, 0.3) is 0 Å². The van der Waals surface area contributed by atoms with Gasteiger partial charge in [-0.25, -0.2) is 0 Å². The number of aliphatic carboxylic acids is 1. The molecule has 0 aromatic heterocycles. The molecule has 0 heterocycles. The Balaban J connectivity index is 2.94. The van der Waals surface area contributed by atoms with Crippen LogP contribution in [0.2, 0.25) is 0 Å². The molecule has 60 valence electrons. The van der Waals surface area contributed by atoms with E-state index in [2.05, 4.69) is 0 Å². The summed E-state index contributed by atoms with van der Waals surface area (Å²) in [5, 5.41) is 8.88. The molecule has 0 spiro atoms. The minimum Gasteiger partial charge on any atom is -0.481 e. The Hall–Kier alpha value is -1.05. The molecule has 2 atom stereocenters. The largest absolute Gasteiger partial charge is 0.481 e. The number of carbonyl (C=O) groups is 1. The second-order valence-corrected chi connectivity index (χ2v) is 3.12. The fourth-order valence-electron chi connectivity index (χ4n) is 1.10. The molecule has 0 fully saturated rings. The second kappa shape index (κ2) is 2.53. The standard InChI is InChI=1S/C9H12O2/c1-7-5-3-4-6-9(7,2)8(10)11/h3-7H,1-2H3,(H,10,11). The second-order valence-electron chi connectivity index (χ2n) is 3.12. The maximum absolute atomic E-state index is 10.8. The molecule has 0 aliphatic heterocycles. The maximum atomic E-state index is 10.8. The highest BCUT2D eigenvalue weighted by Gasteiger charge is 2.35. The van der Waals surface area contributed by atoms with E-state index in [1.165, 1.54) is 0 Å². The molecule has 2 nitrogen and oxygen atoms in total. The van der Waals surface area contributed by atoms with Crippen molar-refractivity contribution in [2.75, 3.05) is 0 Å². The van der Waals surface area contributed by atoms with Crippen molar-refractivity contribution in [1.82, 2.24) is 0 Å². The Bertz CT molecular complexity index is 228. The van der Waals surface area contributed by atoms with E-state index in [1.54, 1.807) is 19.1 Å². The summed E-state index contributed by atoms with van der Waals surface area (Å²) in [6, 6.07) is 0. The van der Waals surface area contributed by atoms with Crippen LogP contribution in [0.1, 0.15) is 13.8 Å². The lowest BCUT2D eigenvalue weighted by Crippen LogP contribution is -2.32. The molecule has 2 unspecified atom stereocenters. The first-order valence-electron chi connectivity index (χ1n) is 3.67. The van der Waals surface area contributed by atoms with Crippen molar-refractivity contribution < 1.29 is 9.90 Å². The van der Waals surface area contributed by atoms with Crippen LogP contribution in [0.15, 0.2) is 24.3 Å². The number of rotatable bonds is 1. The molecule has 0 aromatic rings. The van der Waals surface area contributed by atoms with Gasteiger partial charge in [-0.15, -0.1) is 0 Å². The summed E-state index contributed by atoms with van der Waals surface area (Å²) in [7, 11) is 0. The molecule has 1 aliphatic rings. The molecular weight excluding hydrogens is 140 g/mol. The minimum atomic E-state index is -0.759. The van der Waals surface area contributed by atoms with E-state index in [0.29, 0.717) is 0 Å². The molecule has 0 aromatic carbocycles. The summed E-state index contributed by atoms with van der Waals surface area (Å²) >= 11 is 0. The molecule has 1 aliphatic carbocycles. The number of carboxylic acids is 1. The number of carboxylic acid groups (broad SMARTS) is 1. The molecule has 11 heavy (non-hydrogen) atoms. The van der Waals surface area contributed by atoms with Crippen LogP contribution in [0.3, 0.4) is 0 Å². The highest BCUT2D eigenvalue weighted by atomic mass is 16.4. The number of allylic oxidation sites excluding steroid dienone is 3. The highest BCUT2D eigenvalue weighted by molar-refractivity contribution is 5.77. The third-order valence-electron chi connectivity index (χ3n) is 2.36. The van der Waals surface area contributed by atoms with Gasteiger partial charge in [0.1, 0.15) is 0 Å². The van der Waals surface area contributed by atoms with Crippen LogP contribution in [-0.2, 0) is 4.79 Å². The van der Waals surface area contributed by atoms with Crippen molar-refractivity contribution in [3.63, 3.8) is 0 Å². The van der Waals surface area contributed by atoms with Crippen LogP contribution in [0.4, 0.5) is 0 Å². The first-order chi connectivity index (χ1) is 5.07. The molecule has 0 bridgehead atoms. The van der Waals surface area contributed by atoms with Gasteiger partial charge in [0.2, 0.25) is 0 Å². The van der Waals surface area contributed by atoms with Crippen molar-refractivity contribution in [3.05, 3.63) is 24.3 Å². The van der Waals surface area contributed by atoms with Gasteiger partial charge in [-0.1, -0.05) is 31.2 Å². The maximum Gasteiger partial charge on any atom is 0.313 e. The normalized spacial score (nSPS) is 35.6. The van der Waals surface area contributed by atoms with Crippen molar-refractivity contribution in [3.8, 4) is 0 Å². The zero-order valence-electron chi connectivity index (χ0n) is 6.74. The van der Waals surface area contributed by atoms with E-state index in [-0.39, 0.29) is 5.92 Å². The van der Waals surface area contributed by atoms with Crippen molar-refractivity contribution >= 4 is 5.97 Å². The smallest absolute Gasteiger partial charge is 0.313 e. The Labute approximate surface area is 66.2 Å². The van der Waals surface area contributed by atoms with Gasteiger partial charge in [-0.2, -0.15) is 0 Å². The van der Waals surface area contributed by atoms with Crippen molar-refractivity contribution in [2.45, 2.75) is 13.8 Å². The van der Waals surface area contributed by atoms with Gasteiger partial charge in [-0.3, -0.25) is 4.79 Å². The molecule has 2 heteroatoms. The fourth-order valence-corrected chi connectivity index (χ4v) is 1.10. The quantitative estimate of drug-likeness (QED) is 0.622. The zero-order chi connectivity index (χ0) is 8.48. The summed E-state index contributed by atoms with van der Waals surface area (Å²) in [4.78, 5) is 10.8. The van der Waals surface area contributed by atoms with E-state index < -0.39 is 11.4 Å². The van der Waals surface area contributed by atoms with E-state index >= 15 is 0 Å². The number of hydrogen-bond donors (Lipinski definition) is 1. The monoisotopic (exact) mass is 152 g/mol. The first-order valence-corrected chi connectivity index (χ1v) is 3.67. The lowest BCUT2D eigenvalue weighted by Gasteiger charge is -2.27. The third-order valence-corrected chi connectivity index (χ3v) is 2.36. The van der Waals surface area contributed by atoms with Crippen molar-refractivity contribution in [2.24, 2.45) is 11.3 Å². The Morgan fingerprint density at radius 3 is 2.55 bits per heavy atom. The van der Waals surface area contributed by atoms with Gasteiger partial charge in [0.15, 0.2) is 0 Å². The Kier molecular flexibility index (Phi) is 1.85. The average molecular weight is 152 g/mol. The summed E-state index contributed by atoms with van der Waals surface area (Å²) in [5.74, 6) is -0.685. The topological polar surface area (TPSA) is 37.3 Å². The first kappa shape index (κ1) is 8.05. The summed E-state index contributed by atoms with van der Waals surface area (Å²) in [6.07, 6.45) is 7.32. The lowest BCUT2D eigenvalue weighted by molar-refractivity contribution is -0.146. The van der Waals surface area contributed by atoms with Crippen LogP contribution in [0.25, 0.3) is 0 Å². The van der Waals surface area contributed by atoms with E-state index in [4.69, 9.17) is 5.11 Å². The van der Waals surface area contributed by atoms with E-state index in [9.17, 15) is 4.79 Å². The summed E-state index contributed by atoms with van der Waals surface area (Å²) < 4.78 is 0. The summed E-state index contributed by atoms with van der Waals surface area (Å²) in [6.45, 7) is 3.65. The Morgan fingerprint density at radius 1 is 1.55 bits per heavy atom. The van der Waals surface area contributed by atoms with Gasteiger partial charge in [-0.05, 0) is 12.8 Å². The molecule has 0 amide bonds. The van der Waals surface area contributed by atoms with Gasteiger partial charge in [0.05, 0.1) is 5.41 Å². The third kappa shape index (κ3) is 1.20.